The van der Waals surface area contributed by atoms with Gasteiger partial charge in [-0.15, -0.1) is 0 Å². The van der Waals surface area contributed by atoms with Gasteiger partial charge in [0.2, 0.25) is 5.91 Å². The molecule has 0 saturated carbocycles. The summed E-state index contributed by atoms with van der Waals surface area (Å²) in [6.07, 6.45) is 1.85. The van der Waals surface area contributed by atoms with E-state index >= 15 is 0 Å². The molecule has 110 valence electrons. The van der Waals surface area contributed by atoms with Gasteiger partial charge in [-0.2, -0.15) is 0 Å². The van der Waals surface area contributed by atoms with E-state index in [1.165, 1.54) is 0 Å². The molecule has 1 aromatic rings. The van der Waals surface area contributed by atoms with Crippen molar-refractivity contribution in [3.63, 3.8) is 0 Å². The van der Waals surface area contributed by atoms with E-state index in [0.717, 1.165) is 10.0 Å². The predicted octanol–water partition coefficient (Wildman–Crippen LogP) is 2.60. The molecule has 5 heteroatoms. The zero-order valence-corrected chi connectivity index (χ0v) is 13.5. The van der Waals surface area contributed by atoms with E-state index in [1.54, 1.807) is 14.2 Å². The van der Waals surface area contributed by atoms with Crippen molar-refractivity contribution < 1.29 is 14.3 Å². The number of carbonyl (C=O) groups excluding carboxylic acids is 1. The summed E-state index contributed by atoms with van der Waals surface area (Å²) in [5.74, 6) is -0.373. The van der Waals surface area contributed by atoms with Crippen molar-refractivity contribution in [3.8, 4) is 0 Å². The minimum atomic E-state index is -0.524. The fraction of sp³-hybridized carbons (Fsp3) is 0.533. The first-order chi connectivity index (χ1) is 9.60. The van der Waals surface area contributed by atoms with Crippen LogP contribution < -0.4 is 0 Å². The van der Waals surface area contributed by atoms with Crippen LogP contribution in [0.5, 0.6) is 0 Å². The van der Waals surface area contributed by atoms with Crippen molar-refractivity contribution in [1.82, 2.24) is 4.90 Å². The quantitative estimate of drug-likeness (QED) is 0.790. The standard InChI is InChI=1S/C15H20BrNO3/c1-19-15(20-2)7-9-17(10-8-15)14(18)11-12-5-3-4-6-13(12)16/h3-6H,7-11H2,1-2H3. The van der Waals surface area contributed by atoms with Gasteiger partial charge in [0.15, 0.2) is 5.79 Å². The average molecular weight is 342 g/mol. The Balaban J connectivity index is 1.94. The Morgan fingerprint density at radius 1 is 1.25 bits per heavy atom. The van der Waals surface area contributed by atoms with Crippen molar-refractivity contribution in [2.24, 2.45) is 0 Å². The number of ether oxygens (including phenoxy) is 2. The van der Waals surface area contributed by atoms with Crippen molar-refractivity contribution in [2.45, 2.75) is 25.0 Å². The second kappa shape index (κ2) is 6.70. The Bertz CT molecular complexity index is 464. The maximum atomic E-state index is 12.3. The number of rotatable bonds is 4. The number of carbonyl (C=O) groups is 1. The lowest BCUT2D eigenvalue weighted by atomic mass is 10.0. The zero-order valence-electron chi connectivity index (χ0n) is 11.9. The first kappa shape index (κ1) is 15.5. The molecule has 0 unspecified atom stereocenters. The van der Waals surface area contributed by atoms with Crippen LogP contribution in [-0.2, 0) is 20.7 Å². The van der Waals surface area contributed by atoms with Crippen LogP contribution in [-0.4, -0.2) is 43.9 Å². The normalized spacial score (nSPS) is 18.1. The number of hydrogen-bond donors (Lipinski definition) is 0. The summed E-state index contributed by atoms with van der Waals surface area (Å²) < 4.78 is 11.8. The molecule has 0 aromatic heterocycles. The Labute approximate surface area is 128 Å². The van der Waals surface area contributed by atoms with Crippen LogP contribution in [0.2, 0.25) is 0 Å². The van der Waals surface area contributed by atoms with Gasteiger partial charge >= 0.3 is 0 Å². The van der Waals surface area contributed by atoms with Crippen molar-refractivity contribution in [1.29, 1.82) is 0 Å². The van der Waals surface area contributed by atoms with Crippen LogP contribution >= 0.6 is 15.9 Å². The summed E-state index contributed by atoms with van der Waals surface area (Å²) in [7, 11) is 3.31. The van der Waals surface area contributed by atoms with Gasteiger partial charge in [-0.05, 0) is 11.6 Å². The third-order valence-electron chi connectivity index (χ3n) is 3.92. The third-order valence-corrected chi connectivity index (χ3v) is 4.70. The van der Waals surface area contributed by atoms with Gasteiger partial charge < -0.3 is 14.4 Å². The molecule has 2 rings (SSSR count). The minimum absolute atomic E-state index is 0.151. The summed E-state index contributed by atoms with van der Waals surface area (Å²) in [6.45, 7) is 1.34. The van der Waals surface area contributed by atoms with E-state index in [-0.39, 0.29) is 5.91 Å². The molecule has 1 fully saturated rings. The molecular formula is C15H20BrNO3. The molecule has 0 atom stereocenters. The number of halogens is 1. The lowest BCUT2D eigenvalue weighted by molar-refractivity contribution is -0.228. The Hall–Kier alpha value is -0.910. The highest BCUT2D eigenvalue weighted by molar-refractivity contribution is 9.10. The second-order valence-electron chi connectivity index (χ2n) is 4.97. The van der Waals surface area contributed by atoms with Crippen molar-refractivity contribution in [3.05, 3.63) is 34.3 Å². The van der Waals surface area contributed by atoms with Gasteiger partial charge in [-0.25, -0.2) is 0 Å². The van der Waals surface area contributed by atoms with E-state index in [4.69, 9.17) is 9.47 Å². The Morgan fingerprint density at radius 2 is 1.85 bits per heavy atom. The molecule has 0 aliphatic carbocycles. The summed E-state index contributed by atoms with van der Waals surface area (Å²) in [4.78, 5) is 14.2. The van der Waals surface area contributed by atoms with Crippen LogP contribution in [0.4, 0.5) is 0 Å². The zero-order chi connectivity index (χ0) is 14.6. The van der Waals surface area contributed by atoms with Gasteiger partial charge in [0.25, 0.3) is 0 Å². The summed E-state index contributed by atoms with van der Waals surface area (Å²) >= 11 is 3.48. The highest BCUT2D eigenvalue weighted by atomic mass is 79.9. The topological polar surface area (TPSA) is 38.8 Å². The molecule has 1 aliphatic rings. The number of benzene rings is 1. The largest absolute Gasteiger partial charge is 0.353 e. The maximum Gasteiger partial charge on any atom is 0.227 e. The molecule has 4 nitrogen and oxygen atoms in total. The number of amides is 1. The predicted molar refractivity (Wildman–Crippen MR) is 80.4 cm³/mol. The van der Waals surface area contributed by atoms with E-state index in [1.807, 2.05) is 29.2 Å². The first-order valence-corrected chi connectivity index (χ1v) is 7.51. The summed E-state index contributed by atoms with van der Waals surface area (Å²) in [5, 5.41) is 0. The molecule has 0 bridgehead atoms. The van der Waals surface area contributed by atoms with E-state index in [2.05, 4.69) is 15.9 Å². The van der Waals surface area contributed by atoms with E-state index in [9.17, 15) is 4.79 Å². The highest BCUT2D eigenvalue weighted by Gasteiger charge is 2.35. The van der Waals surface area contributed by atoms with Crippen molar-refractivity contribution >= 4 is 21.8 Å². The molecule has 1 amide bonds. The molecule has 0 N–H and O–H groups in total. The minimum Gasteiger partial charge on any atom is -0.353 e. The van der Waals surface area contributed by atoms with Crippen LogP contribution in [0.3, 0.4) is 0 Å². The fourth-order valence-electron chi connectivity index (χ4n) is 2.50. The van der Waals surface area contributed by atoms with Crippen LogP contribution in [0.1, 0.15) is 18.4 Å². The van der Waals surface area contributed by atoms with Gasteiger partial charge in [-0.1, -0.05) is 34.1 Å². The monoisotopic (exact) mass is 341 g/mol. The van der Waals surface area contributed by atoms with Crippen molar-refractivity contribution in [2.75, 3.05) is 27.3 Å². The molecule has 0 spiro atoms. The second-order valence-corrected chi connectivity index (χ2v) is 5.82. The van der Waals surface area contributed by atoms with Crippen LogP contribution in [0.15, 0.2) is 28.7 Å². The summed E-state index contributed by atoms with van der Waals surface area (Å²) in [6, 6.07) is 7.83. The molecule has 1 aromatic carbocycles. The van der Waals surface area contributed by atoms with Crippen LogP contribution in [0.25, 0.3) is 0 Å². The van der Waals surface area contributed by atoms with Gasteiger partial charge in [0, 0.05) is 44.6 Å². The third kappa shape index (κ3) is 3.40. The van der Waals surface area contributed by atoms with E-state index < -0.39 is 5.79 Å². The van der Waals surface area contributed by atoms with Crippen LogP contribution in [0, 0.1) is 0 Å². The summed E-state index contributed by atoms with van der Waals surface area (Å²) in [5.41, 5.74) is 1.02. The molecule has 20 heavy (non-hydrogen) atoms. The lowest BCUT2D eigenvalue weighted by Crippen LogP contribution is -2.49. The molecule has 1 aliphatic heterocycles. The molecule has 1 saturated heterocycles. The first-order valence-electron chi connectivity index (χ1n) is 6.72. The van der Waals surface area contributed by atoms with E-state index in [0.29, 0.717) is 32.4 Å². The number of nitrogens with zero attached hydrogens (tertiary/aromatic N) is 1. The highest BCUT2D eigenvalue weighted by Crippen LogP contribution is 2.27. The molecule has 0 radical (unpaired) electrons. The fourth-order valence-corrected chi connectivity index (χ4v) is 2.93. The number of methoxy groups -OCH3 is 2. The number of piperidine rings is 1. The molecule has 1 heterocycles. The smallest absolute Gasteiger partial charge is 0.227 e. The maximum absolute atomic E-state index is 12.3. The number of hydrogen-bond acceptors (Lipinski definition) is 3. The molecular weight excluding hydrogens is 322 g/mol. The Kier molecular flexibility index (Phi) is 5.18. The van der Waals surface area contributed by atoms with Gasteiger partial charge in [0.05, 0.1) is 6.42 Å². The SMILES string of the molecule is COC1(OC)CCN(C(=O)Cc2ccccc2Br)CC1. The lowest BCUT2D eigenvalue weighted by Gasteiger charge is -2.39. The van der Waals surface area contributed by atoms with Gasteiger partial charge in [0.1, 0.15) is 0 Å². The number of likely N-dealkylation sites (tertiary alicyclic amines) is 1. The van der Waals surface area contributed by atoms with Gasteiger partial charge in [-0.3, -0.25) is 4.79 Å². The Morgan fingerprint density at radius 3 is 2.40 bits per heavy atom. The average Bonchev–Trinajstić information content (AvgIpc) is 2.49.